The second kappa shape index (κ2) is 3.27. The molecule has 1 aromatic rings. The van der Waals surface area contributed by atoms with Crippen molar-refractivity contribution in [1.82, 2.24) is 0 Å². The molecule has 0 heterocycles. The van der Waals surface area contributed by atoms with Crippen molar-refractivity contribution in [3.8, 4) is 0 Å². The summed E-state index contributed by atoms with van der Waals surface area (Å²) in [7, 11) is 0. The monoisotopic (exact) mass is 202 g/mol. The molecule has 0 amide bonds. The van der Waals surface area contributed by atoms with Gasteiger partial charge in [0.2, 0.25) is 0 Å². The topological polar surface area (TPSA) is 0 Å². The molecule has 0 aliphatic rings. The molecule has 0 saturated carbocycles. The molecular weight excluding hydrogens is 194 g/mol. The Balaban J connectivity index is 3.01. The molecule has 2 heteroatoms. The van der Waals surface area contributed by atoms with Crippen molar-refractivity contribution in [1.29, 1.82) is 0 Å². The molecule has 0 unspecified atom stereocenters. The minimum absolute atomic E-state index is 1.23. The predicted octanol–water partition coefficient (Wildman–Crippen LogP) is 1.65. The Bertz CT molecular complexity index is 203. The molecule has 46 valence electrons. The van der Waals surface area contributed by atoms with Crippen LogP contribution in [-0.4, -0.2) is 15.1 Å². The molecule has 0 bridgehead atoms. The maximum absolute atomic E-state index is 2.95. The van der Waals surface area contributed by atoms with E-state index < -0.39 is 0 Å². The van der Waals surface area contributed by atoms with Gasteiger partial charge >= 0.3 is 64.0 Å². The van der Waals surface area contributed by atoms with Crippen LogP contribution in [0, 0.1) is 6.92 Å². The molecule has 9 heavy (non-hydrogen) atoms. The summed E-state index contributed by atoms with van der Waals surface area (Å²) in [5.41, 5.74) is 1.32. The van der Waals surface area contributed by atoms with Crippen molar-refractivity contribution >= 4 is 27.2 Å². The van der Waals surface area contributed by atoms with Gasteiger partial charge in [0.05, 0.1) is 0 Å². The third-order valence-corrected chi connectivity index (χ3v) is 2.98. The van der Waals surface area contributed by atoms with Crippen LogP contribution in [0.4, 0.5) is 0 Å². The summed E-state index contributed by atoms with van der Waals surface area (Å²) in [6.45, 7) is 3.32. The van der Waals surface area contributed by atoms with Gasteiger partial charge in [0.25, 0.3) is 0 Å². The maximum atomic E-state index is 2.95. The zero-order chi connectivity index (χ0) is 6.69. The summed E-state index contributed by atoms with van der Waals surface area (Å²) >= 11 is 2.95. The van der Waals surface area contributed by atoms with Gasteiger partial charge in [0.1, 0.15) is 0 Å². The average Bonchev–Trinajstić information content (AvgIpc) is 1.90. The third-order valence-electron chi connectivity index (χ3n) is 1.14. The molecule has 0 N–H and O–H groups in total. The predicted molar refractivity (Wildman–Crippen MR) is 43.5 cm³/mol. The summed E-state index contributed by atoms with van der Waals surface area (Å²) < 4.78 is 0. The SMILES string of the molecule is Cc1ccc(P=[Se])cc1. The van der Waals surface area contributed by atoms with Crippen molar-refractivity contribution in [3.05, 3.63) is 29.8 Å². The molecule has 0 fully saturated rings. The van der Waals surface area contributed by atoms with E-state index in [1.807, 2.05) is 0 Å². The van der Waals surface area contributed by atoms with Gasteiger partial charge in [0, 0.05) is 0 Å². The zero-order valence-corrected chi connectivity index (χ0v) is 7.77. The van der Waals surface area contributed by atoms with Crippen molar-refractivity contribution in [3.63, 3.8) is 0 Å². The summed E-state index contributed by atoms with van der Waals surface area (Å²) in [6.07, 6.45) is 0. The minimum atomic E-state index is 1.23. The first-order valence-electron chi connectivity index (χ1n) is 2.73. The van der Waals surface area contributed by atoms with Crippen LogP contribution in [-0.2, 0) is 0 Å². The van der Waals surface area contributed by atoms with Gasteiger partial charge in [-0.15, -0.1) is 0 Å². The van der Waals surface area contributed by atoms with E-state index in [0.29, 0.717) is 0 Å². The van der Waals surface area contributed by atoms with Gasteiger partial charge in [-0.05, 0) is 0 Å². The van der Waals surface area contributed by atoms with Gasteiger partial charge < -0.3 is 0 Å². The van der Waals surface area contributed by atoms with E-state index >= 15 is 0 Å². The fraction of sp³-hybridized carbons (Fsp3) is 0.143. The van der Waals surface area contributed by atoms with Crippen LogP contribution in [0.5, 0.6) is 0 Å². The van der Waals surface area contributed by atoms with Gasteiger partial charge in [-0.25, -0.2) is 0 Å². The number of hydrogen-bond acceptors (Lipinski definition) is 0. The van der Waals surface area contributed by atoms with E-state index in [2.05, 4.69) is 46.3 Å². The Hall–Kier alpha value is 0.0395. The number of rotatable bonds is 1. The number of benzene rings is 1. The molecule has 1 aromatic carbocycles. The van der Waals surface area contributed by atoms with Crippen LogP contribution in [0.1, 0.15) is 5.56 Å². The van der Waals surface area contributed by atoms with Crippen LogP contribution in [0.3, 0.4) is 0 Å². The summed E-state index contributed by atoms with van der Waals surface area (Å²) in [5, 5.41) is 1.33. The Labute approximate surface area is 64.3 Å². The third kappa shape index (κ3) is 2.02. The summed E-state index contributed by atoms with van der Waals surface area (Å²) in [6, 6.07) is 8.51. The molecule has 0 aliphatic carbocycles. The molecule has 0 spiro atoms. The molecule has 0 aliphatic heterocycles. The Morgan fingerprint density at radius 2 is 1.78 bits per heavy atom. The van der Waals surface area contributed by atoms with E-state index in [1.165, 1.54) is 17.7 Å². The summed E-state index contributed by atoms with van der Waals surface area (Å²) in [5.74, 6) is 0. The summed E-state index contributed by atoms with van der Waals surface area (Å²) in [4.78, 5) is 0. The van der Waals surface area contributed by atoms with Crippen LogP contribution in [0.25, 0.3) is 0 Å². The standard InChI is InChI=1S/C7H7PSe/c1-6-2-4-7(8-9)5-3-6/h2-5H,1H3. The van der Waals surface area contributed by atoms with Crippen LogP contribution < -0.4 is 5.30 Å². The first-order chi connectivity index (χ1) is 4.33. The molecule has 0 saturated heterocycles. The van der Waals surface area contributed by atoms with Gasteiger partial charge in [-0.1, -0.05) is 0 Å². The quantitative estimate of drug-likeness (QED) is 0.478. The van der Waals surface area contributed by atoms with E-state index in [-0.39, 0.29) is 0 Å². The van der Waals surface area contributed by atoms with Gasteiger partial charge in [-0.3, -0.25) is 0 Å². The second-order valence-electron chi connectivity index (χ2n) is 1.93. The van der Waals surface area contributed by atoms with Crippen LogP contribution in [0.15, 0.2) is 24.3 Å². The van der Waals surface area contributed by atoms with E-state index in [9.17, 15) is 0 Å². The van der Waals surface area contributed by atoms with Gasteiger partial charge in [0.15, 0.2) is 0 Å². The molecule has 1 rings (SSSR count). The molecule has 0 aromatic heterocycles. The first kappa shape index (κ1) is 7.15. The first-order valence-corrected chi connectivity index (χ1v) is 5.84. The molecule has 0 atom stereocenters. The second-order valence-corrected chi connectivity index (χ2v) is 3.77. The van der Waals surface area contributed by atoms with Gasteiger partial charge in [-0.2, -0.15) is 0 Å². The Morgan fingerprint density at radius 1 is 1.22 bits per heavy atom. The number of aryl methyl sites for hydroxylation is 1. The van der Waals surface area contributed by atoms with Crippen LogP contribution in [0.2, 0.25) is 0 Å². The average molecular weight is 201 g/mol. The Kier molecular flexibility index (Phi) is 2.60. The fourth-order valence-electron chi connectivity index (χ4n) is 0.606. The molecule has 0 radical (unpaired) electrons. The molecule has 0 nitrogen and oxygen atoms in total. The van der Waals surface area contributed by atoms with Crippen molar-refractivity contribution in [2.24, 2.45) is 0 Å². The number of hydrogen-bond donors (Lipinski definition) is 0. The van der Waals surface area contributed by atoms with Crippen molar-refractivity contribution in [2.75, 3.05) is 0 Å². The van der Waals surface area contributed by atoms with Crippen molar-refractivity contribution < 1.29 is 0 Å². The molecular formula is C7H7PSe. The van der Waals surface area contributed by atoms with E-state index in [4.69, 9.17) is 0 Å². The van der Waals surface area contributed by atoms with E-state index in [1.54, 1.807) is 0 Å². The Morgan fingerprint density at radius 3 is 2.22 bits per heavy atom. The van der Waals surface area contributed by atoms with E-state index in [0.717, 1.165) is 0 Å². The van der Waals surface area contributed by atoms with Crippen LogP contribution >= 0.6 is 6.83 Å². The van der Waals surface area contributed by atoms with Crippen molar-refractivity contribution in [2.45, 2.75) is 6.92 Å². The normalized spacial score (nSPS) is 9.89. The fourth-order valence-corrected chi connectivity index (χ4v) is 1.64. The zero-order valence-electron chi connectivity index (χ0n) is 5.16.